The molecule has 0 N–H and O–H groups in total. The summed E-state index contributed by atoms with van der Waals surface area (Å²) < 4.78 is 0. The normalized spacial score (nSPS) is 15.6. The molecule has 0 aliphatic carbocycles. The van der Waals surface area contributed by atoms with Gasteiger partial charge in [0.15, 0.2) is 0 Å². The van der Waals surface area contributed by atoms with Crippen LogP contribution in [0.2, 0.25) is 0 Å². The molecule has 0 atom stereocenters. The molecule has 0 unspecified atom stereocenters. The molecule has 1 heterocycles. The summed E-state index contributed by atoms with van der Waals surface area (Å²) in [4.78, 5) is 42.2. The first-order valence-electron chi connectivity index (χ1n) is 8.93. The molecular formula is C18H33N3O3. The summed E-state index contributed by atoms with van der Waals surface area (Å²) in [6, 6.07) is 0. The van der Waals surface area contributed by atoms with Crippen molar-refractivity contribution in [2.75, 3.05) is 20.0 Å². The van der Waals surface area contributed by atoms with Crippen molar-refractivity contribution >= 4 is 17.7 Å². The van der Waals surface area contributed by atoms with E-state index in [1.807, 2.05) is 41.5 Å². The fourth-order valence-electron chi connectivity index (χ4n) is 2.66. The minimum absolute atomic E-state index is 0.00519. The van der Waals surface area contributed by atoms with E-state index in [-0.39, 0.29) is 55.5 Å². The maximum absolute atomic E-state index is 12.4. The minimum atomic E-state index is -0.00519. The van der Waals surface area contributed by atoms with Crippen molar-refractivity contribution in [3.63, 3.8) is 0 Å². The van der Waals surface area contributed by atoms with Crippen LogP contribution in [-0.4, -0.2) is 52.4 Å². The molecule has 1 rings (SSSR count). The standard InChI is InChI=1S/C18H33N3O3/c1-13(2)7-16(22)19-10-20(17(23)8-14(3)4)12-21(11-19)18(24)9-15(5)6/h13-15H,7-12H2,1-6H3. The Labute approximate surface area is 146 Å². The predicted octanol–water partition coefficient (Wildman–Crippen LogP) is 2.50. The minimum Gasteiger partial charge on any atom is -0.307 e. The molecule has 0 radical (unpaired) electrons. The van der Waals surface area contributed by atoms with Crippen molar-refractivity contribution in [1.82, 2.24) is 14.7 Å². The third-order valence-electron chi connectivity index (χ3n) is 3.83. The van der Waals surface area contributed by atoms with Crippen molar-refractivity contribution in [3.05, 3.63) is 0 Å². The molecule has 0 bridgehead atoms. The molecular weight excluding hydrogens is 306 g/mol. The zero-order valence-electron chi connectivity index (χ0n) is 16.0. The van der Waals surface area contributed by atoms with Crippen LogP contribution in [0.4, 0.5) is 0 Å². The number of amides is 3. The number of nitrogens with zero attached hydrogens (tertiary/aromatic N) is 3. The Morgan fingerprint density at radius 2 is 0.792 bits per heavy atom. The van der Waals surface area contributed by atoms with Crippen molar-refractivity contribution in [3.8, 4) is 0 Å². The van der Waals surface area contributed by atoms with Gasteiger partial charge < -0.3 is 14.7 Å². The Morgan fingerprint density at radius 3 is 0.958 bits per heavy atom. The van der Waals surface area contributed by atoms with E-state index in [4.69, 9.17) is 0 Å². The SMILES string of the molecule is CC(C)CC(=O)N1CN(C(=O)CC(C)C)CN(C(=O)CC(C)C)C1. The zero-order valence-corrected chi connectivity index (χ0v) is 16.0. The second-order valence-corrected chi connectivity index (χ2v) is 8.02. The van der Waals surface area contributed by atoms with Gasteiger partial charge in [-0.1, -0.05) is 41.5 Å². The van der Waals surface area contributed by atoms with Crippen molar-refractivity contribution < 1.29 is 14.4 Å². The molecule has 1 aliphatic heterocycles. The number of carbonyl (C=O) groups is 3. The molecule has 6 nitrogen and oxygen atoms in total. The molecule has 0 spiro atoms. The summed E-state index contributed by atoms with van der Waals surface area (Å²) in [6.45, 7) is 12.8. The van der Waals surface area contributed by atoms with Crippen LogP contribution in [0, 0.1) is 17.8 Å². The number of carbonyl (C=O) groups excluding carboxylic acids is 3. The van der Waals surface area contributed by atoms with Crippen LogP contribution in [0.25, 0.3) is 0 Å². The Morgan fingerprint density at radius 1 is 0.583 bits per heavy atom. The van der Waals surface area contributed by atoms with Gasteiger partial charge in [0.25, 0.3) is 0 Å². The van der Waals surface area contributed by atoms with E-state index in [0.717, 1.165) is 0 Å². The summed E-state index contributed by atoms with van der Waals surface area (Å²) in [7, 11) is 0. The van der Waals surface area contributed by atoms with Gasteiger partial charge in [0.1, 0.15) is 0 Å². The van der Waals surface area contributed by atoms with Crippen LogP contribution in [0.5, 0.6) is 0 Å². The highest BCUT2D eigenvalue weighted by Crippen LogP contribution is 2.16. The lowest BCUT2D eigenvalue weighted by Gasteiger charge is -2.43. The van der Waals surface area contributed by atoms with E-state index >= 15 is 0 Å². The van der Waals surface area contributed by atoms with Crippen LogP contribution >= 0.6 is 0 Å². The fourth-order valence-corrected chi connectivity index (χ4v) is 2.66. The van der Waals surface area contributed by atoms with Crippen molar-refractivity contribution in [2.45, 2.75) is 60.8 Å². The van der Waals surface area contributed by atoms with Gasteiger partial charge in [0.05, 0.1) is 20.0 Å². The summed E-state index contributed by atoms with van der Waals surface area (Å²) >= 11 is 0. The van der Waals surface area contributed by atoms with E-state index in [1.54, 1.807) is 14.7 Å². The van der Waals surface area contributed by atoms with E-state index < -0.39 is 0 Å². The molecule has 0 aromatic carbocycles. The Balaban J connectivity index is 2.87. The average Bonchev–Trinajstić information content (AvgIpc) is 2.44. The molecule has 138 valence electrons. The lowest BCUT2D eigenvalue weighted by molar-refractivity contribution is -0.159. The molecule has 24 heavy (non-hydrogen) atoms. The van der Waals surface area contributed by atoms with Crippen molar-refractivity contribution in [2.24, 2.45) is 17.8 Å². The number of rotatable bonds is 6. The quantitative estimate of drug-likeness (QED) is 0.747. The number of hydrogen-bond donors (Lipinski definition) is 0. The molecule has 1 fully saturated rings. The van der Waals surface area contributed by atoms with E-state index in [1.165, 1.54) is 0 Å². The van der Waals surface area contributed by atoms with Gasteiger partial charge in [0.2, 0.25) is 17.7 Å². The van der Waals surface area contributed by atoms with Gasteiger partial charge in [0, 0.05) is 19.3 Å². The Bertz CT molecular complexity index is 388. The summed E-state index contributed by atoms with van der Waals surface area (Å²) in [5.41, 5.74) is 0. The van der Waals surface area contributed by atoms with Crippen LogP contribution in [0.3, 0.4) is 0 Å². The Hall–Kier alpha value is -1.59. The third-order valence-corrected chi connectivity index (χ3v) is 3.83. The third kappa shape index (κ3) is 6.49. The summed E-state index contributed by atoms with van der Waals surface area (Å²) in [5.74, 6) is 0.732. The highest BCUT2D eigenvalue weighted by Gasteiger charge is 2.32. The second kappa shape index (κ2) is 9.04. The highest BCUT2D eigenvalue weighted by atomic mass is 16.2. The van der Waals surface area contributed by atoms with Crippen LogP contribution in [0.15, 0.2) is 0 Å². The largest absolute Gasteiger partial charge is 0.307 e. The molecule has 6 heteroatoms. The second-order valence-electron chi connectivity index (χ2n) is 8.02. The topological polar surface area (TPSA) is 60.9 Å². The lowest BCUT2D eigenvalue weighted by Crippen LogP contribution is -2.59. The molecule has 3 amide bonds. The van der Waals surface area contributed by atoms with Gasteiger partial charge in [-0.05, 0) is 17.8 Å². The van der Waals surface area contributed by atoms with Crippen LogP contribution in [0.1, 0.15) is 60.8 Å². The zero-order chi connectivity index (χ0) is 18.4. The first-order valence-corrected chi connectivity index (χ1v) is 8.93. The van der Waals surface area contributed by atoms with Gasteiger partial charge in [-0.25, -0.2) is 0 Å². The Kier molecular flexibility index (Phi) is 7.70. The first-order chi connectivity index (χ1) is 11.1. The van der Waals surface area contributed by atoms with E-state index in [0.29, 0.717) is 19.3 Å². The maximum atomic E-state index is 12.4. The maximum Gasteiger partial charge on any atom is 0.225 e. The van der Waals surface area contributed by atoms with Crippen LogP contribution in [-0.2, 0) is 14.4 Å². The molecule has 0 saturated carbocycles. The summed E-state index contributed by atoms with van der Waals surface area (Å²) in [5, 5.41) is 0. The van der Waals surface area contributed by atoms with E-state index in [9.17, 15) is 14.4 Å². The molecule has 1 saturated heterocycles. The fraction of sp³-hybridized carbons (Fsp3) is 0.833. The van der Waals surface area contributed by atoms with Gasteiger partial charge in [-0.3, -0.25) is 14.4 Å². The highest BCUT2D eigenvalue weighted by molar-refractivity contribution is 5.82. The van der Waals surface area contributed by atoms with Gasteiger partial charge in [-0.15, -0.1) is 0 Å². The summed E-state index contributed by atoms with van der Waals surface area (Å²) in [6.07, 6.45) is 1.29. The number of hydrogen-bond acceptors (Lipinski definition) is 3. The first kappa shape index (κ1) is 20.5. The van der Waals surface area contributed by atoms with Crippen molar-refractivity contribution in [1.29, 1.82) is 0 Å². The van der Waals surface area contributed by atoms with Crippen LogP contribution < -0.4 is 0 Å². The monoisotopic (exact) mass is 339 g/mol. The average molecular weight is 339 g/mol. The molecule has 0 aromatic heterocycles. The lowest BCUT2D eigenvalue weighted by atomic mass is 10.1. The molecule has 0 aromatic rings. The predicted molar refractivity (Wildman–Crippen MR) is 93.5 cm³/mol. The molecule has 1 aliphatic rings. The van der Waals surface area contributed by atoms with E-state index in [2.05, 4.69) is 0 Å². The smallest absolute Gasteiger partial charge is 0.225 e. The van der Waals surface area contributed by atoms with Gasteiger partial charge >= 0.3 is 0 Å². The van der Waals surface area contributed by atoms with Gasteiger partial charge in [-0.2, -0.15) is 0 Å².